The number of hydrogen-bond donors (Lipinski definition) is 1. The molecule has 1 atom stereocenters. The third-order valence-electron chi connectivity index (χ3n) is 2.99. The van der Waals surface area contributed by atoms with Gasteiger partial charge < -0.3 is 5.32 Å². The van der Waals surface area contributed by atoms with Crippen molar-refractivity contribution in [2.75, 3.05) is 6.54 Å². The van der Waals surface area contributed by atoms with Crippen LogP contribution in [0.5, 0.6) is 0 Å². The molecule has 0 fully saturated rings. The average molecular weight is 235 g/mol. The maximum absolute atomic E-state index is 4.59. The summed E-state index contributed by atoms with van der Waals surface area (Å²) in [6, 6.07) is 0.343. The van der Waals surface area contributed by atoms with Gasteiger partial charge in [-0.2, -0.15) is 0 Å². The molecular weight excluding hydrogens is 210 g/mol. The van der Waals surface area contributed by atoms with Crippen molar-refractivity contribution in [2.45, 2.75) is 59.4 Å². The van der Waals surface area contributed by atoms with Crippen LogP contribution < -0.4 is 5.32 Å². The van der Waals surface area contributed by atoms with Crippen LogP contribution in [0.1, 0.15) is 63.2 Å². The first kappa shape index (κ1) is 14.1. The van der Waals surface area contributed by atoms with Crippen LogP contribution >= 0.6 is 0 Å². The largest absolute Gasteiger partial charge is 0.310 e. The van der Waals surface area contributed by atoms with Crippen molar-refractivity contribution in [3.8, 4) is 0 Å². The summed E-state index contributed by atoms with van der Waals surface area (Å²) in [7, 11) is 0. The maximum atomic E-state index is 4.59. The van der Waals surface area contributed by atoms with Gasteiger partial charge in [0.15, 0.2) is 0 Å². The first-order valence-electron chi connectivity index (χ1n) is 6.74. The molecule has 0 amide bonds. The van der Waals surface area contributed by atoms with Crippen LogP contribution in [0.2, 0.25) is 0 Å². The second-order valence-corrected chi connectivity index (χ2v) is 4.61. The monoisotopic (exact) mass is 235 g/mol. The van der Waals surface area contributed by atoms with Gasteiger partial charge in [0.05, 0.1) is 0 Å². The van der Waals surface area contributed by atoms with Crippen LogP contribution in [0.4, 0.5) is 0 Å². The van der Waals surface area contributed by atoms with Crippen molar-refractivity contribution in [2.24, 2.45) is 0 Å². The van der Waals surface area contributed by atoms with Crippen molar-refractivity contribution < 1.29 is 0 Å². The zero-order valence-electron chi connectivity index (χ0n) is 11.6. The molecule has 1 rings (SSSR count). The minimum atomic E-state index is 0.343. The smallest absolute Gasteiger partial charge is 0.128 e. The van der Waals surface area contributed by atoms with E-state index in [0.29, 0.717) is 6.04 Å². The molecule has 0 radical (unpaired) electrons. The molecule has 1 heterocycles. The molecule has 3 heteroatoms. The van der Waals surface area contributed by atoms with Gasteiger partial charge in [0.2, 0.25) is 0 Å². The fourth-order valence-corrected chi connectivity index (χ4v) is 1.88. The second kappa shape index (κ2) is 7.38. The van der Waals surface area contributed by atoms with Crippen LogP contribution in [-0.4, -0.2) is 16.5 Å². The second-order valence-electron chi connectivity index (χ2n) is 4.61. The number of rotatable bonds is 7. The summed E-state index contributed by atoms with van der Waals surface area (Å²) in [6.07, 6.45) is 6.49. The van der Waals surface area contributed by atoms with Crippen LogP contribution in [0.25, 0.3) is 0 Å². The van der Waals surface area contributed by atoms with Crippen molar-refractivity contribution in [3.05, 3.63) is 23.3 Å². The van der Waals surface area contributed by atoms with E-state index in [9.17, 15) is 0 Å². The van der Waals surface area contributed by atoms with Crippen molar-refractivity contribution in [3.63, 3.8) is 0 Å². The number of nitrogens with zero attached hydrogens (tertiary/aromatic N) is 2. The summed E-state index contributed by atoms with van der Waals surface area (Å²) in [5.41, 5.74) is 2.33. The Balaban J connectivity index is 2.68. The third-order valence-corrected chi connectivity index (χ3v) is 2.99. The molecular formula is C14H25N3. The molecule has 1 N–H and O–H groups in total. The van der Waals surface area contributed by atoms with Crippen LogP contribution in [0.3, 0.4) is 0 Å². The molecule has 17 heavy (non-hydrogen) atoms. The summed E-state index contributed by atoms with van der Waals surface area (Å²) >= 11 is 0. The number of unbranched alkanes of at least 4 members (excludes halogenated alkanes) is 1. The Hall–Kier alpha value is -0.960. The Kier molecular flexibility index (Phi) is 6.12. The molecule has 0 saturated carbocycles. The van der Waals surface area contributed by atoms with E-state index < -0.39 is 0 Å². The van der Waals surface area contributed by atoms with E-state index in [1.54, 1.807) is 0 Å². The van der Waals surface area contributed by atoms with Gasteiger partial charge in [-0.3, -0.25) is 0 Å². The summed E-state index contributed by atoms with van der Waals surface area (Å²) in [6.45, 7) is 9.66. The lowest BCUT2D eigenvalue weighted by atomic mass is 10.1. The number of aromatic nitrogens is 2. The molecule has 0 aromatic carbocycles. The highest BCUT2D eigenvalue weighted by Crippen LogP contribution is 2.15. The first-order valence-corrected chi connectivity index (χ1v) is 6.74. The molecule has 0 saturated heterocycles. The number of hydrogen-bond acceptors (Lipinski definition) is 3. The summed E-state index contributed by atoms with van der Waals surface area (Å²) in [5, 5.41) is 3.47. The highest BCUT2D eigenvalue weighted by atomic mass is 14.9. The normalized spacial score (nSPS) is 12.7. The molecule has 96 valence electrons. The number of nitrogens with one attached hydrogen (secondary N) is 1. The van der Waals surface area contributed by atoms with Gasteiger partial charge in [-0.25, -0.2) is 9.97 Å². The van der Waals surface area contributed by atoms with Crippen molar-refractivity contribution >= 4 is 0 Å². The molecule has 0 bridgehead atoms. The minimum Gasteiger partial charge on any atom is -0.310 e. The topological polar surface area (TPSA) is 37.8 Å². The molecule has 0 aliphatic rings. The molecule has 0 aliphatic carbocycles. The Labute approximate surface area is 105 Å². The summed E-state index contributed by atoms with van der Waals surface area (Å²) in [4.78, 5) is 9.04. The minimum absolute atomic E-state index is 0.343. The zero-order valence-corrected chi connectivity index (χ0v) is 11.6. The van der Waals surface area contributed by atoms with E-state index in [4.69, 9.17) is 0 Å². The fourth-order valence-electron chi connectivity index (χ4n) is 1.88. The highest BCUT2D eigenvalue weighted by molar-refractivity contribution is 5.19. The predicted octanol–water partition coefficient (Wildman–Crippen LogP) is 3.19. The van der Waals surface area contributed by atoms with Crippen molar-refractivity contribution in [1.29, 1.82) is 0 Å². The fraction of sp³-hybridized carbons (Fsp3) is 0.714. The quantitative estimate of drug-likeness (QED) is 0.788. The van der Waals surface area contributed by atoms with Crippen LogP contribution in [0, 0.1) is 6.92 Å². The summed E-state index contributed by atoms with van der Waals surface area (Å²) in [5.74, 6) is 0.982. The molecule has 1 aromatic heterocycles. The van der Waals surface area contributed by atoms with Gasteiger partial charge >= 0.3 is 0 Å². The van der Waals surface area contributed by atoms with Gasteiger partial charge in [-0.1, -0.05) is 20.3 Å². The zero-order chi connectivity index (χ0) is 12.7. The standard InChI is InChI=1S/C14H25N3/c1-5-7-8-14-16-10-13(12(4)17-14)11(3)15-9-6-2/h10-11,15H,5-9H2,1-4H3. The lowest BCUT2D eigenvalue weighted by Gasteiger charge is -2.15. The maximum Gasteiger partial charge on any atom is 0.128 e. The van der Waals surface area contributed by atoms with Gasteiger partial charge in [-0.15, -0.1) is 0 Å². The molecule has 1 aromatic rings. The van der Waals surface area contributed by atoms with E-state index in [0.717, 1.165) is 30.9 Å². The van der Waals surface area contributed by atoms with E-state index in [2.05, 4.69) is 43.0 Å². The van der Waals surface area contributed by atoms with Crippen LogP contribution in [-0.2, 0) is 6.42 Å². The molecule has 3 nitrogen and oxygen atoms in total. The van der Waals surface area contributed by atoms with Gasteiger partial charge in [0, 0.05) is 29.9 Å². The Morgan fingerprint density at radius 1 is 1.29 bits per heavy atom. The van der Waals surface area contributed by atoms with Gasteiger partial charge in [-0.05, 0) is 33.2 Å². The molecule has 1 unspecified atom stereocenters. The van der Waals surface area contributed by atoms with Crippen LogP contribution in [0.15, 0.2) is 6.20 Å². The first-order chi connectivity index (χ1) is 8.19. The Morgan fingerprint density at radius 2 is 2.06 bits per heavy atom. The van der Waals surface area contributed by atoms with E-state index in [1.807, 2.05) is 6.20 Å². The summed E-state index contributed by atoms with van der Waals surface area (Å²) < 4.78 is 0. The third kappa shape index (κ3) is 4.43. The van der Waals surface area contributed by atoms with E-state index in [-0.39, 0.29) is 0 Å². The van der Waals surface area contributed by atoms with E-state index in [1.165, 1.54) is 18.4 Å². The molecule has 0 aliphatic heterocycles. The molecule has 0 spiro atoms. The van der Waals surface area contributed by atoms with Crippen molar-refractivity contribution in [1.82, 2.24) is 15.3 Å². The van der Waals surface area contributed by atoms with Gasteiger partial charge in [0.1, 0.15) is 5.82 Å². The van der Waals surface area contributed by atoms with E-state index >= 15 is 0 Å². The van der Waals surface area contributed by atoms with Gasteiger partial charge in [0.25, 0.3) is 0 Å². The lowest BCUT2D eigenvalue weighted by molar-refractivity contribution is 0.562. The average Bonchev–Trinajstić information content (AvgIpc) is 2.33. The highest BCUT2D eigenvalue weighted by Gasteiger charge is 2.09. The number of aryl methyl sites for hydroxylation is 2. The Morgan fingerprint density at radius 3 is 2.65 bits per heavy atom. The SMILES string of the molecule is CCCCc1ncc(C(C)NCCC)c(C)n1. The lowest BCUT2D eigenvalue weighted by Crippen LogP contribution is -2.21. The Bertz CT molecular complexity index is 336. The predicted molar refractivity (Wildman–Crippen MR) is 72.1 cm³/mol.